The Bertz CT molecular complexity index is 804. The summed E-state index contributed by atoms with van der Waals surface area (Å²) in [6.45, 7) is 2.80. The number of aromatic nitrogens is 2. The van der Waals surface area contributed by atoms with Gasteiger partial charge in [0.15, 0.2) is 0 Å². The number of fused-ring (bicyclic) bond motifs is 1. The molecular formula is C16H22N4O2S2. The van der Waals surface area contributed by atoms with E-state index in [4.69, 9.17) is 0 Å². The Kier molecular flexibility index (Phi) is 5.17. The van der Waals surface area contributed by atoms with Crippen LogP contribution in [-0.2, 0) is 22.9 Å². The molecule has 0 aliphatic heterocycles. The molecular weight excluding hydrogens is 344 g/mol. The van der Waals surface area contributed by atoms with Crippen molar-refractivity contribution in [2.45, 2.75) is 36.8 Å². The SMILES string of the molecule is Cc1nc2c(c(NCCN(C)S(=O)(=O)c3cccs3)n1)CCCC2. The molecule has 2 aromatic rings. The van der Waals surface area contributed by atoms with Crippen molar-refractivity contribution in [1.29, 1.82) is 0 Å². The summed E-state index contributed by atoms with van der Waals surface area (Å²) in [5.41, 5.74) is 2.33. The zero-order valence-corrected chi connectivity index (χ0v) is 15.6. The molecule has 2 aromatic heterocycles. The van der Waals surface area contributed by atoms with Gasteiger partial charge in [-0.15, -0.1) is 11.3 Å². The van der Waals surface area contributed by atoms with E-state index in [9.17, 15) is 8.42 Å². The Hall–Kier alpha value is -1.51. The molecule has 0 saturated carbocycles. The van der Waals surface area contributed by atoms with Gasteiger partial charge in [0.25, 0.3) is 10.0 Å². The molecule has 0 atom stereocenters. The van der Waals surface area contributed by atoms with Gasteiger partial charge in [0.05, 0.1) is 0 Å². The fourth-order valence-corrected chi connectivity index (χ4v) is 5.25. The number of rotatable bonds is 6. The summed E-state index contributed by atoms with van der Waals surface area (Å²) in [4.78, 5) is 9.04. The van der Waals surface area contributed by atoms with E-state index in [1.165, 1.54) is 27.6 Å². The number of thiophene rings is 1. The first-order valence-corrected chi connectivity index (χ1v) is 10.4. The van der Waals surface area contributed by atoms with E-state index in [1.807, 2.05) is 6.92 Å². The average Bonchev–Trinajstić information content (AvgIpc) is 3.09. The number of hydrogen-bond acceptors (Lipinski definition) is 6. The van der Waals surface area contributed by atoms with Gasteiger partial charge in [-0.05, 0) is 44.1 Å². The summed E-state index contributed by atoms with van der Waals surface area (Å²) >= 11 is 1.24. The highest BCUT2D eigenvalue weighted by atomic mass is 32.2. The Morgan fingerprint density at radius 3 is 2.83 bits per heavy atom. The highest BCUT2D eigenvalue weighted by molar-refractivity contribution is 7.91. The van der Waals surface area contributed by atoms with Crippen LogP contribution in [0.4, 0.5) is 5.82 Å². The first kappa shape index (κ1) is 17.3. The van der Waals surface area contributed by atoms with Crippen LogP contribution in [0, 0.1) is 6.92 Å². The first-order valence-electron chi connectivity index (χ1n) is 8.08. The molecule has 0 saturated heterocycles. The molecule has 130 valence electrons. The lowest BCUT2D eigenvalue weighted by Gasteiger charge is -2.20. The third kappa shape index (κ3) is 3.60. The van der Waals surface area contributed by atoms with Gasteiger partial charge in [-0.1, -0.05) is 6.07 Å². The van der Waals surface area contributed by atoms with Crippen LogP contribution in [0.25, 0.3) is 0 Å². The van der Waals surface area contributed by atoms with Crippen molar-refractivity contribution in [2.75, 3.05) is 25.5 Å². The van der Waals surface area contributed by atoms with E-state index in [1.54, 1.807) is 24.6 Å². The summed E-state index contributed by atoms with van der Waals surface area (Å²) in [5, 5.41) is 5.08. The van der Waals surface area contributed by atoms with Crippen LogP contribution >= 0.6 is 11.3 Å². The number of hydrogen-bond donors (Lipinski definition) is 1. The van der Waals surface area contributed by atoms with E-state index < -0.39 is 10.0 Å². The van der Waals surface area contributed by atoms with Crippen molar-refractivity contribution in [3.63, 3.8) is 0 Å². The van der Waals surface area contributed by atoms with Crippen molar-refractivity contribution in [3.8, 4) is 0 Å². The van der Waals surface area contributed by atoms with Crippen LogP contribution in [0.2, 0.25) is 0 Å². The van der Waals surface area contributed by atoms with E-state index in [2.05, 4.69) is 15.3 Å². The maximum Gasteiger partial charge on any atom is 0.252 e. The van der Waals surface area contributed by atoms with Crippen LogP contribution in [0.5, 0.6) is 0 Å². The molecule has 0 aromatic carbocycles. The quantitative estimate of drug-likeness (QED) is 0.850. The lowest BCUT2D eigenvalue weighted by atomic mass is 9.96. The minimum atomic E-state index is -3.40. The maximum atomic E-state index is 12.4. The van der Waals surface area contributed by atoms with Crippen LogP contribution in [0.1, 0.15) is 29.9 Å². The van der Waals surface area contributed by atoms with E-state index in [0.29, 0.717) is 17.3 Å². The van der Waals surface area contributed by atoms with Gasteiger partial charge in [0, 0.05) is 31.4 Å². The fourth-order valence-electron chi connectivity index (χ4n) is 2.88. The van der Waals surface area contributed by atoms with Crippen molar-refractivity contribution in [2.24, 2.45) is 0 Å². The molecule has 8 heteroatoms. The molecule has 2 heterocycles. The Morgan fingerprint density at radius 1 is 1.29 bits per heavy atom. The molecule has 0 radical (unpaired) electrons. The van der Waals surface area contributed by atoms with Crippen molar-refractivity contribution in [1.82, 2.24) is 14.3 Å². The molecule has 6 nitrogen and oxygen atoms in total. The molecule has 0 amide bonds. The number of aryl methyl sites for hydroxylation is 2. The Morgan fingerprint density at radius 2 is 2.08 bits per heavy atom. The van der Waals surface area contributed by atoms with Crippen LogP contribution in [0.3, 0.4) is 0 Å². The summed E-state index contributed by atoms with van der Waals surface area (Å²) < 4.78 is 26.6. The second kappa shape index (κ2) is 7.16. The van der Waals surface area contributed by atoms with Gasteiger partial charge in [0.1, 0.15) is 15.9 Å². The van der Waals surface area contributed by atoms with Crippen LogP contribution < -0.4 is 5.32 Å². The highest BCUT2D eigenvalue weighted by Gasteiger charge is 2.22. The predicted molar refractivity (Wildman–Crippen MR) is 96.0 cm³/mol. The lowest BCUT2D eigenvalue weighted by molar-refractivity contribution is 0.482. The van der Waals surface area contributed by atoms with Gasteiger partial charge < -0.3 is 5.32 Å². The molecule has 1 aliphatic carbocycles. The standard InChI is InChI=1S/C16H22N4O2S2/c1-12-18-14-7-4-3-6-13(14)16(19-12)17-9-10-20(2)24(21,22)15-8-5-11-23-15/h5,8,11H,3-4,6-7,9-10H2,1-2H3,(H,17,18,19). The maximum absolute atomic E-state index is 12.4. The monoisotopic (exact) mass is 366 g/mol. The van der Waals surface area contributed by atoms with Gasteiger partial charge in [-0.3, -0.25) is 0 Å². The number of nitrogens with zero attached hydrogens (tertiary/aromatic N) is 3. The van der Waals surface area contributed by atoms with Crippen molar-refractivity contribution < 1.29 is 8.42 Å². The zero-order chi connectivity index (χ0) is 17.2. The molecule has 3 rings (SSSR count). The van der Waals surface area contributed by atoms with Crippen LogP contribution in [-0.4, -0.2) is 42.8 Å². The zero-order valence-electron chi connectivity index (χ0n) is 13.9. The molecule has 1 aliphatic rings. The topological polar surface area (TPSA) is 75.2 Å². The second-order valence-electron chi connectivity index (χ2n) is 5.94. The molecule has 24 heavy (non-hydrogen) atoms. The number of nitrogens with one attached hydrogen (secondary N) is 1. The molecule has 0 unspecified atom stereocenters. The van der Waals surface area contributed by atoms with E-state index in [0.717, 1.165) is 36.6 Å². The first-order chi connectivity index (χ1) is 11.5. The van der Waals surface area contributed by atoms with E-state index in [-0.39, 0.29) is 0 Å². The highest BCUT2D eigenvalue weighted by Crippen LogP contribution is 2.25. The molecule has 0 bridgehead atoms. The van der Waals surface area contributed by atoms with Crippen molar-refractivity contribution in [3.05, 3.63) is 34.6 Å². The minimum Gasteiger partial charge on any atom is -0.368 e. The third-order valence-corrected chi connectivity index (χ3v) is 7.40. The number of sulfonamides is 1. The largest absolute Gasteiger partial charge is 0.368 e. The molecule has 0 fully saturated rings. The number of anilines is 1. The normalized spacial score (nSPS) is 14.6. The Balaban J connectivity index is 1.66. The summed E-state index contributed by atoms with van der Waals surface area (Å²) in [6, 6.07) is 3.38. The van der Waals surface area contributed by atoms with Crippen molar-refractivity contribution >= 4 is 27.2 Å². The second-order valence-corrected chi connectivity index (χ2v) is 9.16. The third-order valence-electron chi connectivity index (χ3n) is 4.17. The predicted octanol–water partition coefficient (Wildman–Crippen LogP) is 2.46. The minimum absolute atomic E-state index is 0.375. The summed E-state index contributed by atoms with van der Waals surface area (Å²) in [6.07, 6.45) is 4.31. The molecule has 0 spiro atoms. The van der Waals surface area contributed by atoms with Gasteiger partial charge in [0.2, 0.25) is 0 Å². The van der Waals surface area contributed by atoms with Gasteiger partial charge >= 0.3 is 0 Å². The summed E-state index contributed by atoms with van der Waals surface area (Å²) in [7, 11) is -1.79. The lowest BCUT2D eigenvalue weighted by Crippen LogP contribution is -2.31. The Labute approximate surface area is 147 Å². The van der Waals surface area contributed by atoms with Crippen LogP contribution in [0.15, 0.2) is 21.7 Å². The van der Waals surface area contributed by atoms with Gasteiger partial charge in [-0.2, -0.15) is 4.31 Å². The number of likely N-dealkylation sites (N-methyl/N-ethyl adjacent to an activating group) is 1. The van der Waals surface area contributed by atoms with Gasteiger partial charge in [-0.25, -0.2) is 18.4 Å². The molecule has 1 N–H and O–H groups in total. The fraction of sp³-hybridized carbons (Fsp3) is 0.500. The average molecular weight is 367 g/mol. The smallest absolute Gasteiger partial charge is 0.252 e. The summed E-state index contributed by atoms with van der Waals surface area (Å²) in [5.74, 6) is 1.62. The van der Waals surface area contributed by atoms with E-state index >= 15 is 0 Å².